The molecule has 1 aromatic heterocycles. The molecule has 2 heterocycles. The van der Waals surface area contributed by atoms with E-state index in [2.05, 4.69) is 10.3 Å². The van der Waals surface area contributed by atoms with E-state index in [9.17, 15) is 13.6 Å². The first-order valence-corrected chi connectivity index (χ1v) is 8.44. The van der Waals surface area contributed by atoms with Crippen molar-refractivity contribution in [2.75, 3.05) is 6.54 Å². The molecule has 2 aromatic rings. The number of carbonyl (C=O) groups excluding carboxylic acids is 1. The number of carbonyl (C=O) groups is 1. The number of hydrogen-bond donors (Lipinski definition) is 1. The highest BCUT2D eigenvalue weighted by atomic mass is 19.1. The van der Waals surface area contributed by atoms with Crippen LogP contribution in [-0.4, -0.2) is 28.4 Å². The van der Waals surface area contributed by atoms with Gasteiger partial charge in [0.2, 0.25) is 5.91 Å². The highest BCUT2D eigenvalue weighted by Crippen LogP contribution is 2.20. The number of aromatic nitrogens is 1. The second kappa shape index (κ2) is 7.70. The topological polar surface area (TPSA) is 45.2 Å². The maximum atomic E-state index is 13.9. The molecular formula is C19H21F2N3O. The van der Waals surface area contributed by atoms with Crippen LogP contribution in [0.2, 0.25) is 0 Å². The summed E-state index contributed by atoms with van der Waals surface area (Å²) in [5.74, 6) is -1.29. The predicted octanol–water partition coefficient (Wildman–Crippen LogP) is 3.20. The van der Waals surface area contributed by atoms with Crippen molar-refractivity contribution in [3.63, 3.8) is 0 Å². The van der Waals surface area contributed by atoms with Gasteiger partial charge < -0.3 is 4.90 Å². The molecule has 1 N–H and O–H groups in total. The van der Waals surface area contributed by atoms with Gasteiger partial charge in [0.25, 0.3) is 0 Å². The van der Waals surface area contributed by atoms with Crippen LogP contribution in [0.5, 0.6) is 0 Å². The maximum absolute atomic E-state index is 13.9. The standard InChI is InChI=1S/C19H21F2N3O/c1-13(17-5-2-3-9-22-17)23-18-6-4-10-24(19(18)25)12-14-7-8-15(20)11-16(14)21/h2-3,5,7-9,11,13,18,23H,4,6,10,12H2,1H3/t13-,18+/m0/s1. The summed E-state index contributed by atoms with van der Waals surface area (Å²) in [6, 6.07) is 8.75. The molecule has 0 aliphatic carbocycles. The zero-order valence-corrected chi connectivity index (χ0v) is 14.1. The van der Waals surface area contributed by atoms with Gasteiger partial charge in [0.1, 0.15) is 11.6 Å². The summed E-state index contributed by atoms with van der Waals surface area (Å²) in [6.45, 7) is 2.70. The third kappa shape index (κ3) is 4.20. The van der Waals surface area contributed by atoms with E-state index in [-0.39, 0.29) is 24.5 Å². The van der Waals surface area contributed by atoms with Gasteiger partial charge in [-0.2, -0.15) is 0 Å². The van der Waals surface area contributed by atoms with E-state index < -0.39 is 11.6 Å². The number of piperidine rings is 1. The molecule has 3 rings (SSSR count). The molecule has 1 saturated heterocycles. The highest BCUT2D eigenvalue weighted by molar-refractivity contribution is 5.82. The third-order valence-electron chi connectivity index (χ3n) is 4.49. The van der Waals surface area contributed by atoms with E-state index in [1.807, 2.05) is 25.1 Å². The number of benzene rings is 1. The summed E-state index contributed by atoms with van der Waals surface area (Å²) >= 11 is 0. The van der Waals surface area contributed by atoms with Gasteiger partial charge in [-0.1, -0.05) is 12.1 Å². The lowest BCUT2D eigenvalue weighted by molar-refractivity contribution is -0.136. The number of nitrogens with one attached hydrogen (secondary N) is 1. The average Bonchev–Trinajstić information content (AvgIpc) is 2.61. The highest BCUT2D eigenvalue weighted by Gasteiger charge is 2.30. The Morgan fingerprint density at radius 2 is 2.16 bits per heavy atom. The van der Waals surface area contributed by atoms with Crippen LogP contribution in [0.3, 0.4) is 0 Å². The summed E-state index contributed by atoms with van der Waals surface area (Å²) < 4.78 is 26.9. The fraction of sp³-hybridized carbons (Fsp3) is 0.368. The number of amides is 1. The SMILES string of the molecule is C[C@H](N[C@@H]1CCCN(Cc2ccc(F)cc2F)C1=O)c1ccccn1. The number of halogens is 2. The van der Waals surface area contributed by atoms with Crippen LogP contribution in [0.15, 0.2) is 42.6 Å². The third-order valence-corrected chi connectivity index (χ3v) is 4.49. The average molecular weight is 345 g/mol. The van der Waals surface area contributed by atoms with Crippen molar-refractivity contribution in [3.05, 3.63) is 65.5 Å². The quantitative estimate of drug-likeness (QED) is 0.905. The fourth-order valence-electron chi connectivity index (χ4n) is 3.13. The van der Waals surface area contributed by atoms with Crippen molar-refractivity contribution in [2.24, 2.45) is 0 Å². The molecule has 132 valence electrons. The molecule has 1 amide bonds. The smallest absolute Gasteiger partial charge is 0.240 e. The monoisotopic (exact) mass is 345 g/mol. The van der Waals surface area contributed by atoms with Crippen LogP contribution in [0, 0.1) is 11.6 Å². The maximum Gasteiger partial charge on any atom is 0.240 e. The Morgan fingerprint density at radius 3 is 2.88 bits per heavy atom. The van der Waals surface area contributed by atoms with Crippen molar-refractivity contribution >= 4 is 5.91 Å². The van der Waals surface area contributed by atoms with Crippen LogP contribution in [0.25, 0.3) is 0 Å². The molecule has 6 heteroatoms. The lowest BCUT2D eigenvalue weighted by Crippen LogP contribution is -2.50. The Hall–Kier alpha value is -2.34. The zero-order chi connectivity index (χ0) is 17.8. The van der Waals surface area contributed by atoms with Crippen LogP contribution in [-0.2, 0) is 11.3 Å². The molecule has 1 fully saturated rings. The molecule has 1 aliphatic heterocycles. The predicted molar refractivity (Wildman–Crippen MR) is 90.6 cm³/mol. The zero-order valence-electron chi connectivity index (χ0n) is 14.1. The van der Waals surface area contributed by atoms with Crippen LogP contribution < -0.4 is 5.32 Å². The van der Waals surface area contributed by atoms with Crippen molar-refractivity contribution in [2.45, 2.75) is 38.4 Å². The molecule has 25 heavy (non-hydrogen) atoms. The Kier molecular flexibility index (Phi) is 5.38. The summed E-state index contributed by atoms with van der Waals surface area (Å²) in [7, 11) is 0. The Morgan fingerprint density at radius 1 is 1.32 bits per heavy atom. The van der Waals surface area contributed by atoms with E-state index in [4.69, 9.17) is 0 Å². The number of nitrogens with zero attached hydrogens (tertiary/aromatic N) is 2. The molecule has 0 unspecified atom stereocenters. The minimum Gasteiger partial charge on any atom is -0.337 e. The Labute approximate surface area is 145 Å². The van der Waals surface area contributed by atoms with Gasteiger partial charge in [0.05, 0.1) is 11.7 Å². The van der Waals surface area contributed by atoms with Crippen molar-refractivity contribution in [1.82, 2.24) is 15.2 Å². The van der Waals surface area contributed by atoms with Crippen LogP contribution in [0.4, 0.5) is 8.78 Å². The lowest BCUT2D eigenvalue weighted by atomic mass is 10.0. The Balaban J connectivity index is 1.66. The minimum atomic E-state index is -0.621. The molecule has 0 radical (unpaired) electrons. The van der Waals surface area contributed by atoms with E-state index in [1.165, 1.54) is 12.1 Å². The van der Waals surface area contributed by atoms with Gasteiger partial charge in [0.15, 0.2) is 0 Å². The summed E-state index contributed by atoms with van der Waals surface area (Å²) in [5, 5.41) is 3.32. The van der Waals surface area contributed by atoms with E-state index >= 15 is 0 Å². The molecule has 0 spiro atoms. The number of rotatable bonds is 5. The molecule has 0 saturated carbocycles. The van der Waals surface area contributed by atoms with E-state index in [1.54, 1.807) is 11.1 Å². The first-order chi connectivity index (χ1) is 12.0. The van der Waals surface area contributed by atoms with Crippen molar-refractivity contribution < 1.29 is 13.6 Å². The number of hydrogen-bond acceptors (Lipinski definition) is 3. The molecule has 1 aliphatic rings. The first kappa shape index (κ1) is 17.5. The Bertz CT molecular complexity index is 739. The van der Waals surface area contributed by atoms with Crippen molar-refractivity contribution in [1.29, 1.82) is 0 Å². The molecular weight excluding hydrogens is 324 g/mol. The van der Waals surface area contributed by atoms with Gasteiger partial charge in [-0.3, -0.25) is 15.1 Å². The van der Waals surface area contributed by atoms with Gasteiger partial charge in [-0.05, 0) is 38.0 Å². The number of pyridine rings is 1. The second-order valence-electron chi connectivity index (χ2n) is 6.33. The summed E-state index contributed by atoms with van der Waals surface area (Å²) in [5.41, 5.74) is 1.20. The van der Waals surface area contributed by atoms with Gasteiger partial charge in [0, 0.05) is 37.0 Å². The van der Waals surface area contributed by atoms with E-state index in [0.717, 1.165) is 24.6 Å². The molecule has 0 bridgehead atoms. The van der Waals surface area contributed by atoms with E-state index in [0.29, 0.717) is 12.1 Å². The fourth-order valence-corrected chi connectivity index (χ4v) is 3.13. The number of likely N-dealkylation sites (tertiary alicyclic amines) is 1. The normalized spacial score (nSPS) is 19.1. The first-order valence-electron chi connectivity index (χ1n) is 8.44. The second-order valence-corrected chi connectivity index (χ2v) is 6.33. The largest absolute Gasteiger partial charge is 0.337 e. The van der Waals surface area contributed by atoms with Crippen LogP contribution in [0.1, 0.15) is 37.1 Å². The summed E-state index contributed by atoms with van der Waals surface area (Å²) in [4.78, 5) is 18.7. The van der Waals surface area contributed by atoms with Gasteiger partial charge in [-0.15, -0.1) is 0 Å². The minimum absolute atomic E-state index is 0.0576. The molecule has 1 aromatic carbocycles. The van der Waals surface area contributed by atoms with Crippen molar-refractivity contribution in [3.8, 4) is 0 Å². The summed E-state index contributed by atoms with van der Waals surface area (Å²) in [6.07, 6.45) is 3.29. The lowest BCUT2D eigenvalue weighted by Gasteiger charge is -2.34. The van der Waals surface area contributed by atoms with Crippen LogP contribution >= 0.6 is 0 Å². The molecule has 2 atom stereocenters. The van der Waals surface area contributed by atoms with Gasteiger partial charge in [-0.25, -0.2) is 8.78 Å². The van der Waals surface area contributed by atoms with Gasteiger partial charge >= 0.3 is 0 Å². The molecule has 4 nitrogen and oxygen atoms in total.